The Labute approximate surface area is 266 Å². The van der Waals surface area contributed by atoms with Crippen LogP contribution in [0, 0.1) is 0 Å². The molecule has 13 heteroatoms. The van der Waals surface area contributed by atoms with Gasteiger partial charge >= 0.3 is 0 Å². The minimum Gasteiger partial charge on any atom is -0.507 e. The first kappa shape index (κ1) is 32.1. The number of aliphatic imine (C=N–C) groups is 1. The van der Waals surface area contributed by atoms with Crippen LogP contribution in [0.2, 0.25) is 0 Å². The topological polar surface area (TPSA) is 179 Å². The summed E-state index contributed by atoms with van der Waals surface area (Å²) in [6.45, 7) is 6.24. The van der Waals surface area contributed by atoms with Gasteiger partial charge in [-0.05, 0) is 27.0 Å². The molecule has 246 valence electrons. The molecule has 0 bridgehead atoms. The zero-order valence-electron chi connectivity index (χ0n) is 26.2. The van der Waals surface area contributed by atoms with Crippen molar-refractivity contribution < 1.29 is 49.0 Å². The van der Waals surface area contributed by atoms with Gasteiger partial charge in [0.1, 0.15) is 29.0 Å². The van der Waals surface area contributed by atoms with Gasteiger partial charge in [0.15, 0.2) is 17.9 Å². The lowest BCUT2D eigenvalue weighted by Gasteiger charge is -2.42. The number of benzene rings is 2. The second-order valence-corrected chi connectivity index (χ2v) is 12.6. The van der Waals surface area contributed by atoms with Crippen molar-refractivity contribution in [3.05, 3.63) is 51.6 Å². The summed E-state index contributed by atoms with van der Waals surface area (Å²) in [4.78, 5) is 49.2. The van der Waals surface area contributed by atoms with E-state index in [2.05, 4.69) is 14.8 Å². The first-order valence-corrected chi connectivity index (χ1v) is 15.4. The van der Waals surface area contributed by atoms with Crippen LogP contribution >= 0.6 is 0 Å². The number of rotatable bonds is 6. The summed E-state index contributed by atoms with van der Waals surface area (Å²) in [6, 6.07) is 3.87. The highest BCUT2D eigenvalue weighted by atomic mass is 16.7. The fourth-order valence-corrected chi connectivity index (χ4v) is 6.86. The van der Waals surface area contributed by atoms with Gasteiger partial charge in [-0.3, -0.25) is 19.4 Å². The van der Waals surface area contributed by atoms with E-state index in [1.165, 1.54) is 32.2 Å². The Morgan fingerprint density at radius 2 is 1.78 bits per heavy atom. The molecular formula is C33H39N3O10. The molecule has 4 N–H and O–H groups in total. The molecule has 2 fully saturated rings. The monoisotopic (exact) mass is 637 g/mol. The number of ketones is 3. The fourth-order valence-electron chi connectivity index (χ4n) is 6.86. The number of fused-ring (bicyclic) bond motifs is 3. The molecule has 2 aromatic rings. The van der Waals surface area contributed by atoms with E-state index in [0.717, 1.165) is 26.2 Å². The van der Waals surface area contributed by atoms with Crippen LogP contribution in [0.1, 0.15) is 75.8 Å². The van der Waals surface area contributed by atoms with Crippen LogP contribution in [0.5, 0.6) is 17.2 Å². The number of piperazine rings is 1. The maximum Gasteiger partial charge on any atom is 0.202 e. The molecule has 2 aliphatic carbocycles. The third-order valence-electron chi connectivity index (χ3n) is 9.68. The fraction of sp³-hybridized carbons (Fsp3) is 0.515. The molecule has 4 aliphatic rings. The SMILES string of the molecule is COc1cccc2c1C(=O)c1c(O)c3c(c(O)c1C2=O)CC(O)(C(C)=O)C[C@@H]3OC1C[C@H](N=CN2CCN(C)CC2)C(O)C(C)O1. The highest BCUT2D eigenvalue weighted by molar-refractivity contribution is 6.31. The first-order valence-electron chi connectivity index (χ1n) is 15.4. The predicted molar refractivity (Wildman–Crippen MR) is 164 cm³/mol. The zero-order valence-corrected chi connectivity index (χ0v) is 26.2. The summed E-state index contributed by atoms with van der Waals surface area (Å²) >= 11 is 0. The number of aliphatic hydroxyl groups is 2. The van der Waals surface area contributed by atoms with Crippen LogP contribution in [-0.4, -0.2) is 124 Å². The second-order valence-electron chi connectivity index (χ2n) is 12.6. The number of Topliss-reactive ketones (excluding diaryl/α,β-unsaturated/α-hetero) is 1. The Morgan fingerprint density at radius 1 is 1.09 bits per heavy atom. The third-order valence-corrected chi connectivity index (χ3v) is 9.68. The number of phenols is 2. The summed E-state index contributed by atoms with van der Waals surface area (Å²) in [5, 5.41) is 45.6. The lowest BCUT2D eigenvalue weighted by Crippen LogP contribution is -2.49. The Hall–Kier alpha value is -3.88. The molecule has 46 heavy (non-hydrogen) atoms. The van der Waals surface area contributed by atoms with E-state index in [9.17, 15) is 34.8 Å². The van der Waals surface area contributed by atoms with Crippen molar-refractivity contribution in [3.63, 3.8) is 0 Å². The van der Waals surface area contributed by atoms with Crippen LogP contribution in [0.3, 0.4) is 0 Å². The van der Waals surface area contributed by atoms with Crippen molar-refractivity contribution in [2.45, 2.75) is 69.4 Å². The normalized spacial score (nSPS) is 29.8. The lowest BCUT2D eigenvalue weighted by atomic mass is 9.72. The molecule has 0 saturated carbocycles. The number of hydrogen-bond donors (Lipinski definition) is 4. The van der Waals surface area contributed by atoms with Crippen molar-refractivity contribution in [3.8, 4) is 17.2 Å². The number of carbonyl (C=O) groups excluding carboxylic acids is 3. The summed E-state index contributed by atoms with van der Waals surface area (Å²) in [7, 11) is 3.40. The molecule has 6 atom stereocenters. The lowest BCUT2D eigenvalue weighted by molar-refractivity contribution is -0.246. The van der Waals surface area contributed by atoms with Gasteiger partial charge in [-0.2, -0.15) is 0 Å². The number of methoxy groups -OCH3 is 1. The second kappa shape index (κ2) is 12.0. The molecule has 0 radical (unpaired) electrons. The van der Waals surface area contributed by atoms with E-state index in [1.807, 2.05) is 7.05 Å². The smallest absolute Gasteiger partial charge is 0.202 e. The van der Waals surface area contributed by atoms with E-state index in [0.29, 0.717) is 0 Å². The number of phenolic OH excluding ortho intramolecular Hbond substituents is 2. The van der Waals surface area contributed by atoms with Crippen LogP contribution in [0.25, 0.3) is 0 Å². The molecule has 13 nitrogen and oxygen atoms in total. The minimum atomic E-state index is -2.02. The van der Waals surface area contributed by atoms with Gasteiger partial charge < -0.3 is 44.4 Å². The quantitative estimate of drug-likeness (QED) is 0.174. The standard InChI is InChI=1S/C33H39N3O10/c1-16-28(38)20(34-15-36-10-8-35(3)9-11-36)12-23(45-16)46-22-14-33(43,17(2)37)13-19-25(22)32(42)27-26(30(19)40)29(39)18-6-5-7-21(44-4)24(18)31(27)41/h5-7,15-16,20,22-23,28,38,40,42-43H,8-14H2,1-4H3/t16?,20-,22-,23?,28?,33?/m0/s1. The van der Waals surface area contributed by atoms with Crippen molar-refractivity contribution in [2.24, 2.45) is 4.99 Å². The first-order chi connectivity index (χ1) is 21.8. The van der Waals surface area contributed by atoms with Crippen molar-refractivity contribution >= 4 is 23.7 Å². The number of carbonyl (C=O) groups is 3. The van der Waals surface area contributed by atoms with Crippen molar-refractivity contribution in [1.82, 2.24) is 9.80 Å². The van der Waals surface area contributed by atoms with Crippen molar-refractivity contribution in [1.29, 1.82) is 0 Å². The summed E-state index contributed by atoms with van der Waals surface area (Å²) in [5.41, 5.74) is -3.01. The van der Waals surface area contributed by atoms with Gasteiger partial charge in [0.05, 0.1) is 48.4 Å². The molecule has 0 aromatic heterocycles. The summed E-state index contributed by atoms with van der Waals surface area (Å²) < 4.78 is 17.6. The van der Waals surface area contributed by atoms with Gasteiger partial charge in [0, 0.05) is 62.1 Å². The highest BCUT2D eigenvalue weighted by Gasteiger charge is 2.49. The van der Waals surface area contributed by atoms with E-state index < -0.39 is 82.6 Å². The maximum atomic E-state index is 13.8. The average molecular weight is 638 g/mol. The Balaban J connectivity index is 1.38. The van der Waals surface area contributed by atoms with E-state index in [-0.39, 0.29) is 40.8 Å². The average Bonchev–Trinajstić information content (AvgIpc) is 3.02. The number of nitrogens with zero attached hydrogens (tertiary/aromatic N) is 3. The Bertz CT molecular complexity index is 1620. The molecule has 4 unspecified atom stereocenters. The number of aliphatic hydroxyl groups excluding tert-OH is 1. The Kier molecular flexibility index (Phi) is 8.40. The number of hydrogen-bond acceptors (Lipinski definition) is 12. The molecular weight excluding hydrogens is 598 g/mol. The van der Waals surface area contributed by atoms with Crippen molar-refractivity contribution in [2.75, 3.05) is 40.3 Å². The molecule has 2 heterocycles. The summed E-state index contributed by atoms with van der Waals surface area (Å²) in [6.07, 6.45) is -2.78. The van der Waals surface area contributed by atoms with Gasteiger partial charge in [-0.15, -0.1) is 0 Å². The molecule has 0 amide bonds. The van der Waals surface area contributed by atoms with E-state index in [4.69, 9.17) is 14.2 Å². The minimum absolute atomic E-state index is 0.0109. The van der Waals surface area contributed by atoms with Gasteiger partial charge in [-0.25, -0.2) is 0 Å². The van der Waals surface area contributed by atoms with Gasteiger partial charge in [0.2, 0.25) is 5.78 Å². The van der Waals surface area contributed by atoms with Crippen LogP contribution in [-0.2, 0) is 20.7 Å². The largest absolute Gasteiger partial charge is 0.507 e. The summed E-state index contributed by atoms with van der Waals surface area (Å²) in [5.74, 6) is -3.14. The Morgan fingerprint density at radius 3 is 2.46 bits per heavy atom. The molecule has 6 rings (SSSR count). The zero-order chi connectivity index (χ0) is 33.1. The highest BCUT2D eigenvalue weighted by Crippen LogP contribution is 2.52. The van der Waals surface area contributed by atoms with E-state index in [1.54, 1.807) is 13.3 Å². The van der Waals surface area contributed by atoms with Crippen LogP contribution < -0.4 is 4.74 Å². The number of ether oxygens (including phenoxy) is 3. The van der Waals surface area contributed by atoms with Gasteiger partial charge in [-0.1, -0.05) is 12.1 Å². The van der Waals surface area contributed by atoms with E-state index >= 15 is 0 Å². The third kappa shape index (κ3) is 5.35. The molecule has 2 aromatic carbocycles. The van der Waals surface area contributed by atoms with Crippen LogP contribution in [0.15, 0.2) is 23.2 Å². The van der Waals surface area contributed by atoms with Gasteiger partial charge in [0.25, 0.3) is 0 Å². The number of likely N-dealkylation sites (N-methyl/N-ethyl adjacent to an activating group) is 1. The molecule has 0 spiro atoms. The predicted octanol–water partition coefficient (Wildman–Crippen LogP) is 1.35. The maximum absolute atomic E-state index is 13.8. The number of aromatic hydroxyl groups is 2. The molecule has 2 aliphatic heterocycles. The van der Waals surface area contributed by atoms with Crippen LogP contribution in [0.4, 0.5) is 0 Å². The molecule has 2 saturated heterocycles.